The zero-order valence-electron chi connectivity index (χ0n) is 7.69. The number of carboxylic acids is 1. The van der Waals surface area contributed by atoms with Crippen LogP contribution in [0.1, 0.15) is 12.8 Å². The van der Waals surface area contributed by atoms with Crippen LogP contribution in [0.15, 0.2) is 0 Å². The number of aliphatic carboxylic acids is 1. The van der Waals surface area contributed by atoms with Crippen molar-refractivity contribution in [3.63, 3.8) is 0 Å². The Hall–Kier alpha value is -1.14. The average Bonchev–Trinajstić information content (AvgIpc) is 2.66. The maximum absolute atomic E-state index is 11.3. The van der Waals surface area contributed by atoms with E-state index in [9.17, 15) is 9.59 Å². The fourth-order valence-electron chi connectivity index (χ4n) is 1.32. The molecule has 6 nitrogen and oxygen atoms in total. The van der Waals surface area contributed by atoms with Crippen LogP contribution in [-0.2, 0) is 9.59 Å². The Bertz CT molecular complexity index is 225. The number of rotatable bonds is 4. The molecule has 1 amide bonds. The number of aliphatic hydroxyl groups is 1. The number of hydrogen-bond donors (Lipinski definition) is 4. The molecular formula is C8H14N2O4. The molecule has 1 heterocycles. The molecule has 4 N–H and O–H groups in total. The van der Waals surface area contributed by atoms with E-state index in [2.05, 4.69) is 10.6 Å². The second kappa shape index (κ2) is 4.92. The molecule has 2 unspecified atom stereocenters. The molecule has 1 saturated heterocycles. The lowest BCUT2D eigenvalue weighted by atomic mass is 10.2. The van der Waals surface area contributed by atoms with Crippen LogP contribution in [-0.4, -0.2) is 47.3 Å². The zero-order valence-corrected chi connectivity index (χ0v) is 7.69. The molecule has 80 valence electrons. The molecule has 0 bridgehead atoms. The summed E-state index contributed by atoms with van der Waals surface area (Å²) in [4.78, 5) is 21.5. The van der Waals surface area contributed by atoms with Crippen LogP contribution >= 0.6 is 0 Å². The van der Waals surface area contributed by atoms with Crippen LogP contribution in [0.2, 0.25) is 0 Å². The Morgan fingerprint density at radius 2 is 2.29 bits per heavy atom. The Kier molecular flexibility index (Phi) is 3.84. The minimum Gasteiger partial charge on any atom is -0.479 e. The Morgan fingerprint density at radius 3 is 2.79 bits per heavy atom. The summed E-state index contributed by atoms with van der Waals surface area (Å²) in [5.74, 6) is -1.58. The van der Waals surface area contributed by atoms with E-state index in [4.69, 9.17) is 10.2 Å². The van der Waals surface area contributed by atoms with Gasteiger partial charge in [0.05, 0.1) is 12.6 Å². The highest BCUT2D eigenvalue weighted by molar-refractivity contribution is 5.82. The summed E-state index contributed by atoms with van der Waals surface area (Å²) in [5, 5.41) is 22.6. The molecule has 1 rings (SSSR count). The fourth-order valence-corrected chi connectivity index (χ4v) is 1.32. The summed E-state index contributed by atoms with van der Waals surface area (Å²) in [6, 6.07) is -0.240. The van der Waals surface area contributed by atoms with Gasteiger partial charge in [-0.25, -0.2) is 4.79 Å². The van der Waals surface area contributed by atoms with Crippen molar-refractivity contribution in [3.8, 4) is 0 Å². The van der Waals surface area contributed by atoms with E-state index in [-0.39, 0.29) is 18.5 Å². The van der Waals surface area contributed by atoms with E-state index in [1.807, 2.05) is 0 Å². The van der Waals surface area contributed by atoms with Crippen LogP contribution in [0.4, 0.5) is 0 Å². The predicted octanol–water partition coefficient (Wildman–Crippen LogP) is -1.70. The monoisotopic (exact) mass is 202 g/mol. The third-order valence-electron chi connectivity index (χ3n) is 2.13. The molecule has 0 saturated carbocycles. The second-order valence-corrected chi connectivity index (χ2v) is 3.25. The molecular weight excluding hydrogens is 188 g/mol. The molecule has 0 aliphatic carbocycles. The smallest absolute Gasteiger partial charge is 0.334 e. The largest absolute Gasteiger partial charge is 0.479 e. The minimum atomic E-state index is -1.53. The predicted molar refractivity (Wildman–Crippen MR) is 47.7 cm³/mol. The normalized spacial score (nSPS) is 23.1. The van der Waals surface area contributed by atoms with Crippen LogP contribution < -0.4 is 10.6 Å². The van der Waals surface area contributed by atoms with Crippen molar-refractivity contribution < 1.29 is 19.8 Å². The van der Waals surface area contributed by atoms with Crippen molar-refractivity contribution in [1.29, 1.82) is 0 Å². The number of hydrogen-bond acceptors (Lipinski definition) is 4. The number of carboxylic acid groups (broad SMARTS) is 1. The highest BCUT2D eigenvalue weighted by atomic mass is 16.4. The van der Waals surface area contributed by atoms with E-state index in [0.717, 1.165) is 19.4 Å². The van der Waals surface area contributed by atoms with Gasteiger partial charge in [-0.15, -0.1) is 0 Å². The van der Waals surface area contributed by atoms with E-state index >= 15 is 0 Å². The van der Waals surface area contributed by atoms with E-state index < -0.39 is 12.1 Å². The molecule has 14 heavy (non-hydrogen) atoms. The van der Waals surface area contributed by atoms with Crippen molar-refractivity contribution in [2.75, 3.05) is 13.1 Å². The quantitative estimate of drug-likeness (QED) is 0.435. The van der Waals surface area contributed by atoms with E-state index in [1.165, 1.54) is 0 Å². The minimum absolute atomic E-state index is 0.240. The first kappa shape index (κ1) is 10.9. The van der Waals surface area contributed by atoms with Crippen molar-refractivity contribution in [1.82, 2.24) is 10.6 Å². The summed E-state index contributed by atoms with van der Waals surface area (Å²) in [7, 11) is 0. The van der Waals surface area contributed by atoms with Crippen molar-refractivity contribution in [2.24, 2.45) is 0 Å². The van der Waals surface area contributed by atoms with Gasteiger partial charge in [-0.2, -0.15) is 0 Å². The first-order valence-corrected chi connectivity index (χ1v) is 4.53. The van der Waals surface area contributed by atoms with Gasteiger partial charge in [0.1, 0.15) is 0 Å². The SMILES string of the molecule is O=C(O)C(O)CNC(=O)C1CCCN1. The summed E-state index contributed by atoms with van der Waals surface area (Å²) in [6.45, 7) is 0.561. The van der Waals surface area contributed by atoms with Crippen molar-refractivity contribution >= 4 is 11.9 Å². The Morgan fingerprint density at radius 1 is 1.57 bits per heavy atom. The topological polar surface area (TPSA) is 98.7 Å². The Labute approximate surface area is 81.3 Å². The number of carbonyl (C=O) groups excluding carboxylic acids is 1. The van der Waals surface area contributed by atoms with Crippen molar-refractivity contribution in [3.05, 3.63) is 0 Å². The lowest BCUT2D eigenvalue weighted by molar-refractivity contribution is -0.146. The van der Waals surface area contributed by atoms with Gasteiger partial charge in [-0.05, 0) is 19.4 Å². The first-order chi connectivity index (χ1) is 6.61. The molecule has 0 aromatic carbocycles. The van der Waals surface area contributed by atoms with Gasteiger partial charge >= 0.3 is 5.97 Å². The lowest BCUT2D eigenvalue weighted by Gasteiger charge is -2.12. The molecule has 0 aromatic heterocycles. The maximum Gasteiger partial charge on any atom is 0.334 e. The highest BCUT2D eigenvalue weighted by Gasteiger charge is 2.23. The summed E-state index contributed by atoms with van der Waals surface area (Å²) in [5.41, 5.74) is 0. The van der Waals surface area contributed by atoms with Gasteiger partial charge in [0, 0.05) is 0 Å². The Balaban J connectivity index is 2.23. The molecule has 1 aliphatic heterocycles. The van der Waals surface area contributed by atoms with Crippen molar-refractivity contribution in [2.45, 2.75) is 25.0 Å². The van der Waals surface area contributed by atoms with Crippen LogP contribution in [0.25, 0.3) is 0 Å². The van der Waals surface area contributed by atoms with Gasteiger partial charge in [0.25, 0.3) is 0 Å². The van der Waals surface area contributed by atoms with Crippen LogP contribution in [0.3, 0.4) is 0 Å². The third-order valence-corrected chi connectivity index (χ3v) is 2.13. The third kappa shape index (κ3) is 2.97. The fraction of sp³-hybridized carbons (Fsp3) is 0.750. The van der Waals surface area contributed by atoms with Gasteiger partial charge in [-0.1, -0.05) is 0 Å². The number of nitrogens with one attached hydrogen (secondary N) is 2. The van der Waals surface area contributed by atoms with Gasteiger partial charge in [0.15, 0.2) is 6.10 Å². The number of amides is 1. The lowest BCUT2D eigenvalue weighted by Crippen LogP contribution is -2.44. The second-order valence-electron chi connectivity index (χ2n) is 3.25. The van der Waals surface area contributed by atoms with E-state index in [1.54, 1.807) is 0 Å². The maximum atomic E-state index is 11.3. The molecule has 0 spiro atoms. The summed E-state index contributed by atoms with van der Waals surface area (Å²) in [6.07, 6.45) is 0.175. The first-order valence-electron chi connectivity index (χ1n) is 4.53. The van der Waals surface area contributed by atoms with E-state index in [0.29, 0.717) is 0 Å². The van der Waals surface area contributed by atoms with Gasteiger partial charge in [0.2, 0.25) is 5.91 Å². The molecule has 1 fully saturated rings. The van der Waals surface area contributed by atoms with Crippen LogP contribution in [0, 0.1) is 0 Å². The van der Waals surface area contributed by atoms with Gasteiger partial charge < -0.3 is 20.8 Å². The number of aliphatic hydroxyl groups excluding tert-OH is 1. The molecule has 6 heteroatoms. The van der Waals surface area contributed by atoms with Crippen LogP contribution in [0.5, 0.6) is 0 Å². The molecule has 0 radical (unpaired) electrons. The molecule has 1 aliphatic rings. The average molecular weight is 202 g/mol. The highest BCUT2D eigenvalue weighted by Crippen LogP contribution is 2.04. The van der Waals surface area contributed by atoms with Gasteiger partial charge in [-0.3, -0.25) is 4.79 Å². The molecule has 2 atom stereocenters. The zero-order chi connectivity index (χ0) is 10.6. The molecule has 0 aromatic rings. The standard InChI is InChI=1S/C8H14N2O4/c11-6(8(13)14)4-10-7(12)5-2-1-3-9-5/h5-6,9,11H,1-4H2,(H,10,12)(H,13,14). The summed E-state index contributed by atoms with van der Waals surface area (Å²) < 4.78 is 0. The summed E-state index contributed by atoms with van der Waals surface area (Å²) >= 11 is 0. The number of carbonyl (C=O) groups is 2.